The summed E-state index contributed by atoms with van der Waals surface area (Å²) >= 11 is 1.21. The molecule has 1 atom stereocenters. The molecule has 34 heavy (non-hydrogen) atoms. The minimum atomic E-state index is -0.701. The van der Waals surface area contributed by atoms with Crippen LogP contribution in [0.15, 0.2) is 63.5 Å². The largest absolute Gasteiger partial charge is 0.504 e. The second-order valence-electron chi connectivity index (χ2n) is 7.51. The molecule has 2 aromatic carbocycles. The molecule has 0 aliphatic carbocycles. The van der Waals surface area contributed by atoms with Crippen LogP contribution >= 0.6 is 11.3 Å². The fourth-order valence-corrected chi connectivity index (χ4v) is 4.89. The average Bonchev–Trinajstić information content (AvgIpc) is 3.12. The summed E-state index contributed by atoms with van der Waals surface area (Å²) in [5.74, 6) is 0.459. The van der Waals surface area contributed by atoms with E-state index in [4.69, 9.17) is 14.2 Å². The fourth-order valence-electron chi connectivity index (χ4n) is 3.84. The zero-order valence-electron chi connectivity index (χ0n) is 19.2. The van der Waals surface area contributed by atoms with Gasteiger partial charge in [0.1, 0.15) is 5.75 Å². The second-order valence-corrected chi connectivity index (χ2v) is 8.52. The van der Waals surface area contributed by atoms with Crippen LogP contribution in [0.2, 0.25) is 0 Å². The minimum absolute atomic E-state index is 0.0272. The molecule has 0 saturated carbocycles. The molecule has 176 valence electrons. The van der Waals surface area contributed by atoms with E-state index < -0.39 is 12.0 Å². The van der Waals surface area contributed by atoms with Gasteiger partial charge in [-0.15, -0.1) is 0 Å². The quantitative estimate of drug-likeness (QED) is 0.545. The van der Waals surface area contributed by atoms with Gasteiger partial charge in [-0.2, -0.15) is 0 Å². The number of hydrogen-bond acceptors (Lipinski definition) is 8. The monoisotopic (exact) mass is 480 g/mol. The van der Waals surface area contributed by atoms with Crippen molar-refractivity contribution < 1.29 is 24.1 Å². The molecule has 0 radical (unpaired) electrons. The first-order valence-corrected chi connectivity index (χ1v) is 11.4. The van der Waals surface area contributed by atoms with Gasteiger partial charge in [0, 0.05) is 0 Å². The Morgan fingerprint density at radius 2 is 1.91 bits per heavy atom. The molecular weight excluding hydrogens is 456 g/mol. The summed E-state index contributed by atoms with van der Waals surface area (Å²) in [6.45, 7) is 3.67. The van der Waals surface area contributed by atoms with Gasteiger partial charge >= 0.3 is 5.97 Å². The zero-order chi connectivity index (χ0) is 24.4. The Morgan fingerprint density at radius 1 is 1.18 bits per heavy atom. The van der Waals surface area contributed by atoms with E-state index in [0.29, 0.717) is 37.7 Å². The van der Waals surface area contributed by atoms with Crippen LogP contribution in [0, 0.1) is 0 Å². The van der Waals surface area contributed by atoms with Crippen LogP contribution in [0.4, 0.5) is 0 Å². The van der Waals surface area contributed by atoms with Crippen molar-refractivity contribution >= 4 is 23.4 Å². The van der Waals surface area contributed by atoms with E-state index in [9.17, 15) is 14.7 Å². The number of benzene rings is 2. The molecule has 1 N–H and O–H groups in total. The number of methoxy groups -OCH3 is 2. The first-order chi connectivity index (χ1) is 16.4. The second kappa shape index (κ2) is 9.56. The summed E-state index contributed by atoms with van der Waals surface area (Å²) in [6, 6.07) is 11.4. The highest BCUT2D eigenvalue weighted by Crippen LogP contribution is 2.31. The zero-order valence-corrected chi connectivity index (χ0v) is 20.0. The lowest BCUT2D eigenvalue weighted by Crippen LogP contribution is -2.39. The predicted molar refractivity (Wildman–Crippen MR) is 128 cm³/mol. The molecular formula is C25H24N2O6S. The van der Waals surface area contributed by atoms with Crippen molar-refractivity contribution in [3.63, 3.8) is 0 Å². The molecule has 0 amide bonds. The lowest BCUT2D eigenvalue weighted by atomic mass is 9.96. The van der Waals surface area contributed by atoms with Gasteiger partial charge in [0.05, 0.1) is 42.7 Å². The number of rotatable bonds is 6. The molecule has 1 aliphatic rings. The number of hydrogen-bond donors (Lipinski definition) is 1. The third-order valence-electron chi connectivity index (χ3n) is 5.45. The summed E-state index contributed by atoms with van der Waals surface area (Å²) in [6.07, 6.45) is 1.68. The number of phenolic OH excluding ortho intramolecular Hbond substituents is 1. The van der Waals surface area contributed by atoms with Gasteiger partial charge in [-0.05, 0) is 55.3 Å². The number of thiazole rings is 1. The number of allylic oxidation sites excluding steroid dienone is 1. The lowest BCUT2D eigenvalue weighted by Gasteiger charge is -2.24. The third-order valence-corrected chi connectivity index (χ3v) is 6.43. The van der Waals surface area contributed by atoms with Crippen LogP contribution in [0.3, 0.4) is 0 Å². The third kappa shape index (κ3) is 4.22. The summed E-state index contributed by atoms with van der Waals surface area (Å²) < 4.78 is 17.6. The molecule has 1 aromatic heterocycles. The highest BCUT2D eigenvalue weighted by atomic mass is 32.1. The number of aromatic nitrogens is 1. The van der Waals surface area contributed by atoms with Crippen LogP contribution in [-0.2, 0) is 9.53 Å². The highest BCUT2D eigenvalue weighted by molar-refractivity contribution is 7.07. The number of carbonyl (C=O) groups excluding carboxylic acids is 1. The smallest absolute Gasteiger partial charge is 0.338 e. The van der Waals surface area contributed by atoms with Crippen molar-refractivity contribution in [3.8, 4) is 17.2 Å². The molecule has 4 rings (SSSR count). The maximum absolute atomic E-state index is 13.6. The fraction of sp³-hybridized carbons (Fsp3) is 0.240. The molecule has 3 aromatic rings. The maximum Gasteiger partial charge on any atom is 0.338 e. The molecule has 0 fully saturated rings. The van der Waals surface area contributed by atoms with Crippen LogP contribution in [-0.4, -0.2) is 36.5 Å². The Balaban J connectivity index is 1.92. The topological polar surface area (TPSA) is 99.4 Å². The van der Waals surface area contributed by atoms with Crippen molar-refractivity contribution in [2.75, 3.05) is 20.8 Å². The molecule has 0 spiro atoms. The standard InChI is InChI=1S/C25H24N2O6S/c1-5-33-24(30)21-14(2)26-25-27(22(21)16-7-9-17(31-3)10-8-16)23(29)20(34-25)13-15-6-11-19(32-4)18(28)12-15/h6-13,22,28H,5H2,1-4H3/b20-13-. The summed E-state index contributed by atoms with van der Waals surface area (Å²) in [4.78, 5) is 31.5. The van der Waals surface area contributed by atoms with Gasteiger partial charge < -0.3 is 19.3 Å². The van der Waals surface area contributed by atoms with E-state index in [1.54, 1.807) is 51.3 Å². The first kappa shape index (κ1) is 23.3. The number of nitrogens with zero attached hydrogens (tertiary/aromatic N) is 2. The molecule has 8 nitrogen and oxygen atoms in total. The van der Waals surface area contributed by atoms with Crippen LogP contribution < -0.4 is 24.4 Å². The summed E-state index contributed by atoms with van der Waals surface area (Å²) in [5, 5.41) is 10.1. The predicted octanol–water partition coefficient (Wildman–Crippen LogP) is 2.52. The minimum Gasteiger partial charge on any atom is -0.504 e. The van der Waals surface area contributed by atoms with Crippen molar-refractivity contribution in [2.24, 2.45) is 4.99 Å². The van der Waals surface area contributed by atoms with E-state index >= 15 is 0 Å². The maximum atomic E-state index is 13.6. The Hall–Kier alpha value is -3.85. The van der Waals surface area contributed by atoms with Crippen LogP contribution in [0.1, 0.15) is 31.0 Å². The number of fused-ring (bicyclic) bond motifs is 1. The lowest BCUT2D eigenvalue weighted by molar-refractivity contribution is -0.139. The van der Waals surface area contributed by atoms with E-state index in [0.717, 1.165) is 5.56 Å². The normalized spacial score (nSPS) is 15.5. The van der Waals surface area contributed by atoms with Crippen molar-refractivity contribution in [3.05, 3.63) is 84.5 Å². The summed E-state index contributed by atoms with van der Waals surface area (Å²) in [5.41, 5.74) is 1.87. The molecule has 2 heterocycles. The molecule has 1 aliphatic heterocycles. The molecule has 9 heteroatoms. The van der Waals surface area contributed by atoms with Crippen molar-refractivity contribution in [1.29, 1.82) is 0 Å². The van der Waals surface area contributed by atoms with Gasteiger partial charge in [-0.1, -0.05) is 29.5 Å². The van der Waals surface area contributed by atoms with Gasteiger partial charge in [0.15, 0.2) is 16.3 Å². The Bertz CT molecular complexity index is 1450. The van der Waals surface area contributed by atoms with Gasteiger partial charge in [0.25, 0.3) is 5.56 Å². The van der Waals surface area contributed by atoms with Crippen molar-refractivity contribution in [2.45, 2.75) is 19.9 Å². The average molecular weight is 481 g/mol. The van der Waals surface area contributed by atoms with Crippen molar-refractivity contribution in [1.82, 2.24) is 4.57 Å². The molecule has 0 bridgehead atoms. The molecule has 1 unspecified atom stereocenters. The Morgan fingerprint density at radius 3 is 2.53 bits per heavy atom. The van der Waals surface area contributed by atoms with E-state index in [1.165, 1.54) is 29.1 Å². The SMILES string of the molecule is CCOC(=O)C1=C(C)N=c2s/c(=C\c3ccc(OC)c(O)c3)c(=O)n2C1c1ccc(OC)cc1. The van der Waals surface area contributed by atoms with E-state index in [1.807, 2.05) is 12.1 Å². The summed E-state index contributed by atoms with van der Waals surface area (Å²) in [7, 11) is 3.04. The van der Waals surface area contributed by atoms with Gasteiger partial charge in [0.2, 0.25) is 0 Å². The van der Waals surface area contributed by atoms with Crippen LogP contribution in [0.5, 0.6) is 17.2 Å². The Kier molecular flexibility index (Phi) is 6.56. The van der Waals surface area contributed by atoms with Gasteiger partial charge in [-0.3, -0.25) is 9.36 Å². The number of aromatic hydroxyl groups is 1. The number of esters is 1. The van der Waals surface area contributed by atoms with Crippen LogP contribution in [0.25, 0.3) is 6.08 Å². The number of ether oxygens (including phenoxy) is 3. The van der Waals surface area contributed by atoms with Gasteiger partial charge in [-0.25, -0.2) is 9.79 Å². The first-order valence-electron chi connectivity index (χ1n) is 10.6. The highest BCUT2D eigenvalue weighted by Gasteiger charge is 2.33. The van der Waals surface area contributed by atoms with E-state index in [2.05, 4.69) is 4.99 Å². The Labute approximate surface area is 199 Å². The number of carbonyl (C=O) groups is 1. The number of phenols is 1. The molecule has 0 saturated heterocycles. The van der Waals surface area contributed by atoms with E-state index in [-0.39, 0.29) is 17.9 Å².